The van der Waals surface area contributed by atoms with Crippen molar-refractivity contribution in [2.24, 2.45) is 0 Å². The first-order valence-corrected chi connectivity index (χ1v) is 10.3. The second-order valence-corrected chi connectivity index (χ2v) is 7.90. The first-order chi connectivity index (χ1) is 14.5. The fourth-order valence-electron chi connectivity index (χ4n) is 4.53. The first-order valence-electron chi connectivity index (χ1n) is 10.3. The number of nitrogens with zero attached hydrogens (tertiary/aromatic N) is 2. The lowest BCUT2D eigenvalue weighted by molar-refractivity contribution is -0.140. The van der Waals surface area contributed by atoms with E-state index < -0.39 is 23.4 Å². The van der Waals surface area contributed by atoms with E-state index in [-0.39, 0.29) is 12.6 Å². The van der Waals surface area contributed by atoms with Crippen LogP contribution in [-0.4, -0.2) is 41.3 Å². The molecule has 1 aliphatic heterocycles. The molecule has 2 aromatic carbocycles. The summed E-state index contributed by atoms with van der Waals surface area (Å²) in [6.07, 6.45) is 2.31. The topological polar surface area (TPSA) is 81.8 Å². The second-order valence-electron chi connectivity index (χ2n) is 7.90. The number of carbonyl (C=O) groups excluding carboxylic acids is 3. The van der Waals surface area contributed by atoms with Crippen LogP contribution in [0, 0.1) is 0 Å². The number of aryl methyl sites for hydroxylation is 1. The van der Waals surface area contributed by atoms with Gasteiger partial charge in [-0.05, 0) is 43.0 Å². The van der Waals surface area contributed by atoms with E-state index >= 15 is 0 Å². The van der Waals surface area contributed by atoms with Gasteiger partial charge in [-0.3, -0.25) is 19.9 Å². The van der Waals surface area contributed by atoms with Gasteiger partial charge in [0, 0.05) is 6.04 Å². The molecule has 30 heavy (non-hydrogen) atoms. The maximum atomic E-state index is 13.1. The van der Waals surface area contributed by atoms with Gasteiger partial charge in [-0.15, -0.1) is 0 Å². The van der Waals surface area contributed by atoms with E-state index in [2.05, 4.69) is 22.9 Å². The quantitative estimate of drug-likeness (QED) is 0.723. The van der Waals surface area contributed by atoms with Crippen molar-refractivity contribution in [2.45, 2.75) is 37.8 Å². The van der Waals surface area contributed by atoms with Gasteiger partial charge in [-0.2, -0.15) is 5.01 Å². The Morgan fingerprint density at radius 1 is 1.17 bits per heavy atom. The van der Waals surface area contributed by atoms with Crippen LogP contribution >= 0.6 is 0 Å². The van der Waals surface area contributed by atoms with Crippen LogP contribution in [0.3, 0.4) is 0 Å². The Balaban J connectivity index is 1.45. The van der Waals surface area contributed by atoms with Crippen LogP contribution in [0.15, 0.2) is 54.6 Å². The third-order valence-electron chi connectivity index (χ3n) is 6.15. The summed E-state index contributed by atoms with van der Waals surface area (Å²) in [5, 5.41) is 3.58. The van der Waals surface area contributed by atoms with Crippen LogP contribution in [0.4, 0.5) is 4.79 Å². The predicted molar refractivity (Wildman–Crippen MR) is 112 cm³/mol. The number of rotatable bonds is 6. The molecular formula is C23H26N4O3. The molecule has 0 unspecified atom stereocenters. The summed E-state index contributed by atoms with van der Waals surface area (Å²) in [4.78, 5) is 40.3. The Kier molecular flexibility index (Phi) is 5.30. The molecule has 1 heterocycles. The predicted octanol–water partition coefficient (Wildman–Crippen LogP) is 2.49. The maximum absolute atomic E-state index is 13.1. The van der Waals surface area contributed by atoms with Gasteiger partial charge in [0.2, 0.25) is 0 Å². The van der Waals surface area contributed by atoms with Gasteiger partial charge in [0.1, 0.15) is 5.54 Å². The van der Waals surface area contributed by atoms with Crippen molar-refractivity contribution in [1.29, 1.82) is 0 Å². The van der Waals surface area contributed by atoms with Crippen molar-refractivity contribution in [3.8, 4) is 0 Å². The highest BCUT2D eigenvalue weighted by molar-refractivity contribution is 6.08. The molecule has 2 atom stereocenters. The first kappa shape index (κ1) is 20.1. The van der Waals surface area contributed by atoms with Crippen LogP contribution in [0.2, 0.25) is 0 Å². The second kappa shape index (κ2) is 7.91. The number of carbonyl (C=O) groups is 3. The summed E-state index contributed by atoms with van der Waals surface area (Å²) < 4.78 is 0. The van der Waals surface area contributed by atoms with Crippen LogP contribution in [0.25, 0.3) is 0 Å². The van der Waals surface area contributed by atoms with Crippen LogP contribution in [0.5, 0.6) is 0 Å². The lowest BCUT2D eigenvalue weighted by Gasteiger charge is -2.27. The molecule has 1 fully saturated rings. The van der Waals surface area contributed by atoms with E-state index in [1.165, 1.54) is 11.1 Å². The fourth-order valence-corrected chi connectivity index (χ4v) is 4.53. The number of urea groups is 1. The third-order valence-corrected chi connectivity index (χ3v) is 6.15. The SMILES string of the molecule is CC[C@@]1(c2ccccc2)NC(=O)N(NC(=O)CN(C)[C@H]2CCc3ccccc32)C1=O. The molecule has 4 rings (SSSR count). The molecule has 7 nitrogen and oxygen atoms in total. The number of amides is 4. The number of hydrazine groups is 1. The zero-order valence-corrected chi connectivity index (χ0v) is 17.2. The number of hydrogen-bond donors (Lipinski definition) is 2. The molecule has 7 heteroatoms. The van der Waals surface area contributed by atoms with Crippen molar-refractivity contribution in [1.82, 2.24) is 20.7 Å². The van der Waals surface area contributed by atoms with Gasteiger partial charge in [-0.25, -0.2) is 4.79 Å². The van der Waals surface area contributed by atoms with Crippen LogP contribution in [-0.2, 0) is 21.5 Å². The van der Waals surface area contributed by atoms with Gasteiger partial charge < -0.3 is 5.32 Å². The minimum atomic E-state index is -1.16. The van der Waals surface area contributed by atoms with Gasteiger partial charge in [0.15, 0.2) is 0 Å². The lowest BCUT2D eigenvalue weighted by atomic mass is 9.87. The van der Waals surface area contributed by atoms with Gasteiger partial charge >= 0.3 is 6.03 Å². The molecular weight excluding hydrogens is 380 g/mol. The summed E-state index contributed by atoms with van der Waals surface area (Å²) in [5.74, 6) is -0.867. The van der Waals surface area contributed by atoms with Crippen molar-refractivity contribution < 1.29 is 14.4 Å². The smallest absolute Gasteiger partial charge is 0.318 e. The van der Waals surface area contributed by atoms with E-state index in [9.17, 15) is 14.4 Å². The maximum Gasteiger partial charge on any atom is 0.344 e. The van der Waals surface area contributed by atoms with Crippen molar-refractivity contribution in [2.75, 3.05) is 13.6 Å². The van der Waals surface area contributed by atoms with Crippen molar-refractivity contribution >= 4 is 17.8 Å². The molecule has 2 aliphatic rings. The molecule has 156 valence electrons. The lowest BCUT2D eigenvalue weighted by Crippen LogP contribution is -2.51. The zero-order valence-electron chi connectivity index (χ0n) is 17.2. The normalized spacial score (nSPS) is 22.9. The standard InChI is InChI=1S/C23H26N4O3/c1-3-23(17-10-5-4-6-11-17)21(29)27(22(30)24-23)25-20(28)15-26(2)19-14-13-16-9-7-8-12-18(16)19/h4-12,19H,3,13-15H2,1-2H3,(H,24,30)(H,25,28)/t19-,23-/m0/s1. The van der Waals surface area contributed by atoms with E-state index in [1.807, 2.05) is 49.2 Å². The fraction of sp³-hybridized carbons (Fsp3) is 0.348. The number of likely N-dealkylation sites (N-methyl/N-ethyl adjacent to an activating group) is 1. The Morgan fingerprint density at radius 2 is 1.87 bits per heavy atom. The Morgan fingerprint density at radius 3 is 2.60 bits per heavy atom. The molecule has 1 saturated heterocycles. The molecule has 0 bridgehead atoms. The van der Waals surface area contributed by atoms with Crippen molar-refractivity contribution in [3.05, 3.63) is 71.3 Å². The zero-order chi connectivity index (χ0) is 21.3. The van der Waals surface area contributed by atoms with Crippen LogP contribution in [0.1, 0.15) is 42.5 Å². The number of nitrogens with one attached hydrogen (secondary N) is 2. The molecule has 2 N–H and O–H groups in total. The molecule has 1 aliphatic carbocycles. The molecule has 4 amide bonds. The number of benzene rings is 2. The summed E-state index contributed by atoms with van der Waals surface area (Å²) in [6.45, 7) is 1.92. The summed E-state index contributed by atoms with van der Waals surface area (Å²) in [7, 11) is 1.89. The average Bonchev–Trinajstić information content (AvgIpc) is 3.29. The summed E-state index contributed by atoms with van der Waals surface area (Å²) in [5.41, 5.74) is 4.58. The highest BCUT2D eigenvalue weighted by Crippen LogP contribution is 2.35. The highest BCUT2D eigenvalue weighted by atomic mass is 16.2. The minimum absolute atomic E-state index is 0.0839. The Labute approximate surface area is 176 Å². The summed E-state index contributed by atoms with van der Waals surface area (Å²) in [6, 6.07) is 16.9. The van der Waals surface area contributed by atoms with E-state index in [0.29, 0.717) is 12.0 Å². The van der Waals surface area contributed by atoms with Gasteiger partial charge in [-0.1, -0.05) is 61.5 Å². The van der Waals surface area contributed by atoms with E-state index in [0.717, 1.165) is 17.9 Å². The van der Waals surface area contributed by atoms with Crippen molar-refractivity contribution in [3.63, 3.8) is 0 Å². The largest absolute Gasteiger partial charge is 0.344 e. The number of fused-ring (bicyclic) bond motifs is 1. The third kappa shape index (κ3) is 3.35. The monoisotopic (exact) mass is 406 g/mol. The molecule has 0 aromatic heterocycles. The number of hydrogen-bond acceptors (Lipinski definition) is 4. The Hall–Kier alpha value is -3.19. The summed E-state index contributed by atoms with van der Waals surface area (Å²) >= 11 is 0. The number of imide groups is 1. The van der Waals surface area contributed by atoms with Gasteiger partial charge in [0.25, 0.3) is 11.8 Å². The highest BCUT2D eigenvalue weighted by Gasteiger charge is 2.52. The molecule has 2 aromatic rings. The molecule has 0 radical (unpaired) electrons. The Bertz CT molecular complexity index is 977. The van der Waals surface area contributed by atoms with Crippen LogP contribution < -0.4 is 10.7 Å². The average molecular weight is 406 g/mol. The van der Waals surface area contributed by atoms with E-state index in [4.69, 9.17) is 0 Å². The molecule has 0 saturated carbocycles. The van der Waals surface area contributed by atoms with Gasteiger partial charge in [0.05, 0.1) is 6.54 Å². The minimum Gasteiger partial charge on any atom is -0.318 e. The van der Waals surface area contributed by atoms with E-state index in [1.54, 1.807) is 12.1 Å². The molecule has 0 spiro atoms.